The minimum Gasteiger partial charge on any atom is -1.00 e. The molecule has 0 spiro atoms. The van der Waals surface area contributed by atoms with Crippen LogP contribution in [0.2, 0.25) is 0 Å². The molecule has 0 rings (SSSR count). The molecule has 0 fully saturated rings. The third-order valence-corrected chi connectivity index (χ3v) is 11.5. The van der Waals surface area contributed by atoms with Gasteiger partial charge < -0.3 is 12.4 Å². The molecule has 0 saturated carbocycles. The molecule has 0 unspecified atom stereocenters. The van der Waals surface area contributed by atoms with Crippen LogP contribution >= 0.6 is 7.26 Å². The van der Waals surface area contributed by atoms with E-state index in [0.717, 1.165) is 0 Å². The third kappa shape index (κ3) is 18.5. The van der Waals surface area contributed by atoms with Crippen LogP contribution in [0.3, 0.4) is 0 Å². The summed E-state index contributed by atoms with van der Waals surface area (Å²) in [7, 11) is -0.581. The molecule has 0 amide bonds. The largest absolute Gasteiger partial charge is 1.00 e. The Balaban J connectivity index is 0. The second-order valence-corrected chi connectivity index (χ2v) is 13.3. The monoisotopic (exact) mass is 420 g/mol. The van der Waals surface area contributed by atoms with Gasteiger partial charge in [0.15, 0.2) is 0 Å². The zero-order valence-electron chi connectivity index (χ0n) is 19.7. The van der Waals surface area contributed by atoms with Gasteiger partial charge in [0, 0.05) is 7.26 Å². The summed E-state index contributed by atoms with van der Waals surface area (Å²) in [6.07, 6.45) is 31.4. The Hall–Kier alpha value is 0.720. The predicted molar refractivity (Wildman–Crippen MR) is 128 cm³/mol. The Bertz CT molecular complexity index is 250. The van der Waals surface area contributed by atoms with Crippen LogP contribution < -0.4 is 12.4 Å². The summed E-state index contributed by atoms with van der Waals surface area (Å²) < 4.78 is 0. The van der Waals surface area contributed by atoms with Crippen molar-refractivity contribution < 1.29 is 12.4 Å². The molecular formula is C25H54ClP. The molecule has 0 aromatic rings. The van der Waals surface area contributed by atoms with E-state index in [1.54, 1.807) is 24.6 Å². The summed E-state index contributed by atoms with van der Waals surface area (Å²) in [4.78, 5) is 0. The zero-order valence-corrected chi connectivity index (χ0v) is 21.3. The standard InChI is InChI=1S/C25H54P.ClH/c1-5-9-10-11-12-13-14-15-16-17-18-19-20-21-25-26(22-6-2,23-7-3)24-8-4;/h5-25H2,1-4H3;1H/q+1;/p-1. The molecule has 2 heteroatoms. The molecule has 166 valence electrons. The Morgan fingerprint density at radius 1 is 0.333 bits per heavy atom. The van der Waals surface area contributed by atoms with Gasteiger partial charge in [-0.15, -0.1) is 0 Å². The van der Waals surface area contributed by atoms with Crippen molar-refractivity contribution in [3.05, 3.63) is 0 Å². The van der Waals surface area contributed by atoms with Gasteiger partial charge in [-0.2, -0.15) is 0 Å². The van der Waals surface area contributed by atoms with E-state index >= 15 is 0 Å². The first-order valence-corrected chi connectivity index (χ1v) is 15.1. The van der Waals surface area contributed by atoms with Crippen LogP contribution in [0, 0.1) is 0 Å². The number of rotatable bonds is 21. The predicted octanol–water partition coefficient (Wildman–Crippen LogP) is 6.72. The topological polar surface area (TPSA) is 0 Å². The molecule has 0 bridgehead atoms. The highest BCUT2D eigenvalue weighted by atomic mass is 35.5. The normalized spacial score (nSPS) is 11.6. The molecule has 0 N–H and O–H groups in total. The summed E-state index contributed by atoms with van der Waals surface area (Å²) in [5.74, 6) is 0. The summed E-state index contributed by atoms with van der Waals surface area (Å²) in [6, 6.07) is 0. The number of halogens is 1. The SMILES string of the molecule is CCCCCCCCCCCCCCCC[P+](CCC)(CCC)CCC.[Cl-]. The molecule has 0 aliphatic heterocycles. The summed E-state index contributed by atoms with van der Waals surface area (Å²) in [6.45, 7) is 9.53. The summed E-state index contributed by atoms with van der Waals surface area (Å²) >= 11 is 0. The zero-order chi connectivity index (χ0) is 19.3. The smallest absolute Gasteiger partial charge is 0.0594 e. The fraction of sp³-hybridized carbons (Fsp3) is 1.00. The number of unbranched alkanes of at least 4 members (excludes halogenated alkanes) is 13. The van der Waals surface area contributed by atoms with Gasteiger partial charge in [-0.1, -0.05) is 105 Å². The van der Waals surface area contributed by atoms with E-state index in [0.29, 0.717) is 0 Å². The van der Waals surface area contributed by atoms with E-state index < -0.39 is 7.26 Å². The number of hydrogen-bond donors (Lipinski definition) is 0. The van der Waals surface area contributed by atoms with Crippen molar-refractivity contribution in [1.29, 1.82) is 0 Å². The van der Waals surface area contributed by atoms with E-state index in [-0.39, 0.29) is 12.4 Å². The van der Waals surface area contributed by atoms with Gasteiger partial charge in [-0.25, -0.2) is 0 Å². The molecule has 0 nitrogen and oxygen atoms in total. The lowest BCUT2D eigenvalue weighted by atomic mass is 10.0. The van der Waals surface area contributed by atoms with Gasteiger partial charge in [-0.05, 0) is 32.1 Å². The molecule has 0 atom stereocenters. The van der Waals surface area contributed by atoms with Crippen molar-refractivity contribution >= 4 is 7.26 Å². The lowest BCUT2D eigenvalue weighted by molar-refractivity contribution is -0.00000604. The third-order valence-electron chi connectivity index (χ3n) is 6.08. The van der Waals surface area contributed by atoms with Crippen LogP contribution in [0.25, 0.3) is 0 Å². The maximum Gasteiger partial charge on any atom is 0.0594 e. The van der Waals surface area contributed by atoms with Crippen LogP contribution in [-0.4, -0.2) is 24.6 Å². The van der Waals surface area contributed by atoms with Crippen LogP contribution in [0.5, 0.6) is 0 Å². The van der Waals surface area contributed by atoms with E-state index in [1.165, 1.54) is 109 Å². The second kappa shape index (κ2) is 23.0. The molecular weight excluding hydrogens is 367 g/mol. The maximum absolute atomic E-state index is 2.41. The van der Waals surface area contributed by atoms with Crippen molar-refractivity contribution in [3.63, 3.8) is 0 Å². The van der Waals surface area contributed by atoms with Gasteiger partial charge in [0.2, 0.25) is 0 Å². The Morgan fingerprint density at radius 3 is 0.926 bits per heavy atom. The van der Waals surface area contributed by atoms with Crippen LogP contribution in [0.1, 0.15) is 137 Å². The molecule has 0 aliphatic carbocycles. The summed E-state index contributed by atoms with van der Waals surface area (Å²) in [5, 5.41) is 0. The van der Waals surface area contributed by atoms with E-state index in [2.05, 4.69) is 27.7 Å². The first-order valence-electron chi connectivity index (χ1n) is 12.6. The lowest BCUT2D eigenvalue weighted by Gasteiger charge is -2.27. The van der Waals surface area contributed by atoms with Gasteiger partial charge >= 0.3 is 0 Å². The fourth-order valence-corrected chi connectivity index (χ4v) is 9.82. The maximum atomic E-state index is 2.41. The van der Waals surface area contributed by atoms with Crippen molar-refractivity contribution in [2.24, 2.45) is 0 Å². The minimum atomic E-state index is -0.581. The van der Waals surface area contributed by atoms with E-state index in [9.17, 15) is 0 Å². The van der Waals surface area contributed by atoms with E-state index in [4.69, 9.17) is 0 Å². The fourth-order valence-electron chi connectivity index (χ4n) is 4.74. The Morgan fingerprint density at radius 2 is 0.630 bits per heavy atom. The summed E-state index contributed by atoms with van der Waals surface area (Å²) in [5.41, 5.74) is 0. The molecule has 0 aromatic heterocycles. The molecule has 0 heterocycles. The van der Waals surface area contributed by atoms with Gasteiger partial charge in [0.05, 0.1) is 24.6 Å². The highest BCUT2D eigenvalue weighted by Gasteiger charge is 2.33. The second-order valence-electron chi connectivity index (χ2n) is 8.83. The molecule has 0 radical (unpaired) electrons. The lowest BCUT2D eigenvalue weighted by Crippen LogP contribution is -3.00. The first-order chi connectivity index (χ1) is 12.7. The first kappa shape index (κ1) is 29.9. The average Bonchev–Trinajstić information content (AvgIpc) is 2.63. The Labute approximate surface area is 181 Å². The van der Waals surface area contributed by atoms with Crippen LogP contribution in [-0.2, 0) is 0 Å². The van der Waals surface area contributed by atoms with Crippen molar-refractivity contribution in [1.82, 2.24) is 0 Å². The van der Waals surface area contributed by atoms with Gasteiger partial charge in [0.25, 0.3) is 0 Å². The van der Waals surface area contributed by atoms with Crippen molar-refractivity contribution in [2.45, 2.75) is 137 Å². The highest BCUT2D eigenvalue weighted by molar-refractivity contribution is 7.75. The van der Waals surface area contributed by atoms with Crippen LogP contribution in [0.15, 0.2) is 0 Å². The van der Waals surface area contributed by atoms with Crippen molar-refractivity contribution in [3.8, 4) is 0 Å². The quantitative estimate of drug-likeness (QED) is 0.143. The molecule has 0 aliphatic rings. The Kier molecular flexibility index (Phi) is 25.5. The van der Waals surface area contributed by atoms with Gasteiger partial charge in [-0.3, -0.25) is 0 Å². The molecule has 0 saturated heterocycles. The highest BCUT2D eigenvalue weighted by Crippen LogP contribution is 2.60. The molecule has 0 aromatic carbocycles. The average molecular weight is 421 g/mol. The van der Waals surface area contributed by atoms with Gasteiger partial charge in [0.1, 0.15) is 0 Å². The van der Waals surface area contributed by atoms with Crippen molar-refractivity contribution in [2.75, 3.05) is 24.6 Å². The minimum absolute atomic E-state index is 0. The molecule has 27 heavy (non-hydrogen) atoms. The van der Waals surface area contributed by atoms with E-state index in [1.807, 2.05) is 0 Å². The number of hydrogen-bond acceptors (Lipinski definition) is 0. The van der Waals surface area contributed by atoms with Crippen LogP contribution in [0.4, 0.5) is 0 Å².